The number of aliphatic carboxylic acids is 1. The summed E-state index contributed by atoms with van der Waals surface area (Å²) in [5, 5.41) is 11.6. The standard InChI is InChI=1S/C22H33NO3/c1-5-21(3)10-9-16-15(12-21)6-7-17-19(16)14(2)8-11-22(17,4)20(26)23-13-18(24)25/h5,9,14-15,17,19H,1,6-8,10-13H2,2-4H3,(H,23,26)(H,24,25)/t14-,15?,17?,19-,21-,22+/m1/s1. The molecule has 4 heteroatoms. The van der Waals surface area contributed by atoms with E-state index in [9.17, 15) is 9.59 Å². The van der Waals surface area contributed by atoms with E-state index in [1.807, 2.05) is 0 Å². The first kappa shape index (κ1) is 19.2. The number of allylic oxidation sites excluding steroid dienone is 3. The maximum absolute atomic E-state index is 12.9. The molecule has 2 saturated carbocycles. The van der Waals surface area contributed by atoms with E-state index in [4.69, 9.17) is 5.11 Å². The maximum Gasteiger partial charge on any atom is 0.322 e. The van der Waals surface area contributed by atoms with E-state index in [0.29, 0.717) is 23.7 Å². The van der Waals surface area contributed by atoms with Crippen LogP contribution in [0, 0.1) is 34.5 Å². The van der Waals surface area contributed by atoms with Gasteiger partial charge in [-0.3, -0.25) is 9.59 Å². The lowest BCUT2D eigenvalue weighted by Crippen LogP contribution is -2.53. The van der Waals surface area contributed by atoms with E-state index in [2.05, 4.69) is 44.8 Å². The third kappa shape index (κ3) is 3.23. The lowest BCUT2D eigenvalue weighted by Gasteiger charge is -2.55. The highest BCUT2D eigenvalue weighted by Crippen LogP contribution is 2.59. The summed E-state index contributed by atoms with van der Waals surface area (Å²) < 4.78 is 0. The molecule has 0 radical (unpaired) electrons. The van der Waals surface area contributed by atoms with Gasteiger partial charge in [0.2, 0.25) is 5.91 Å². The number of carboxylic acids is 1. The van der Waals surface area contributed by atoms with Gasteiger partial charge in [0.1, 0.15) is 6.54 Å². The van der Waals surface area contributed by atoms with Crippen molar-refractivity contribution >= 4 is 11.9 Å². The Morgan fingerprint density at radius 3 is 2.73 bits per heavy atom. The molecule has 0 bridgehead atoms. The second kappa shape index (κ2) is 6.86. The molecule has 3 aliphatic rings. The van der Waals surface area contributed by atoms with Crippen LogP contribution < -0.4 is 5.32 Å². The van der Waals surface area contributed by atoms with E-state index < -0.39 is 11.4 Å². The summed E-state index contributed by atoms with van der Waals surface area (Å²) in [4.78, 5) is 23.8. The van der Waals surface area contributed by atoms with E-state index in [1.54, 1.807) is 5.57 Å². The molecule has 3 aliphatic carbocycles. The number of fused-ring (bicyclic) bond motifs is 3. The van der Waals surface area contributed by atoms with Gasteiger partial charge in [-0.25, -0.2) is 0 Å². The van der Waals surface area contributed by atoms with E-state index in [0.717, 1.165) is 32.1 Å². The van der Waals surface area contributed by atoms with Crippen molar-refractivity contribution in [3.8, 4) is 0 Å². The normalized spacial score (nSPS) is 42.0. The van der Waals surface area contributed by atoms with Gasteiger partial charge in [0.05, 0.1) is 0 Å². The average molecular weight is 360 g/mol. The molecule has 0 aromatic heterocycles. The Bertz CT molecular complexity index is 639. The predicted molar refractivity (Wildman–Crippen MR) is 102 cm³/mol. The number of amides is 1. The average Bonchev–Trinajstić information content (AvgIpc) is 2.62. The molecule has 0 aliphatic heterocycles. The zero-order valence-corrected chi connectivity index (χ0v) is 16.4. The van der Waals surface area contributed by atoms with Crippen molar-refractivity contribution in [1.82, 2.24) is 5.32 Å². The van der Waals surface area contributed by atoms with E-state index in [1.165, 1.54) is 6.42 Å². The summed E-state index contributed by atoms with van der Waals surface area (Å²) in [5.74, 6) is 0.910. The third-order valence-electron chi connectivity index (χ3n) is 7.59. The van der Waals surface area contributed by atoms with Crippen LogP contribution in [0.5, 0.6) is 0 Å². The quantitative estimate of drug-likeness (QED) is 0.740. The lowest BCUT2D eigenvalue weighted by molar-refractivity contribution is -0.144. The van der Waals surface area contributed by atoms with Crippen molar-refractivity contribution in [2.45, 2.75) is 59.3 Å². The molecule has 26 heavy (non-hydrogen) atoms. The van der Waals surface area contributed by atoms with Gasteiger partial charge >= 0.3 is 5.97 Å². The van der Waals surface area contributed by atoms with E-state index in [-0.39, 0.29) is 17.9 Å². The molecule has 0 heterocycles. The van der Waals surface area contributed by atoms with Crippen LogP contribution in [0.4, 0.5) is 0 Å². The van der Waals surface area contributed by atoms with Gasteiger partial charge in [-0.15, -0.1) is 6.58 Å². The smallest absolute Gasteiger partial charge is 0.322 e. The molecule has 0 aromatic rings. The minimum Gasteiger partial charge on any atom is -0.480 e. The highest BCUT2D eigenvalue weighted by atomic mass is 16.4. The molecule has 3 rings (SSSR count). The largest absolute Gasteiger partial charge is 0.480 e. The minimum absolute atomic E-state index is 0.0763. The molecular formula is C22H33NO3. The van der Waals surface area contributed by atoms with Gasteiger partial charge in [-0.05, 0) is 67.6 Å². The fraction of sp³-hybridized carbons (Fsp3) is 0.727. The first-order valence-electron chi connectivity index (χ1n) is 10.0. The highest BCUT2D eigenvalue weighted by molar-refractivity contribution is 5.86. The van der Waals surface area contributed by atoms with Crippen LogP contribution in [-0.4, -0.2) is 23.5 Å². The molecule has 1 amide bonds. The number of hydrogen-bond acceptors (Lipinski definition) is 2. The molecule has 0 spiro atoms. The zero-order chi connectivity index (χ0) is 19.1. The van der Waals surface area contributed by atoms with Crippen LogP contribution in [0.2, 0.25) is 0 Å². The SMILES string of the molecule is C=C[C@]1(C)CC=C2C(CCC3[C@@H]2[C@H](C)CC[C@]3(C)C(=O)NCC(=O)O)C1. The van der Waals surface area contributed by atoms with Crippen molar-refractivity contribution in [3.63, 3.8) is 0 Å². The third-order valence-corrected chi connectivity index (χ3v) is 7.59. The van der Waals surface area contributed by atoms with Crippen molar-refractivity contribution in [1.29, 1.82) is 0 Å². The lowest BCUT2D eigenvalue weighted by atomic mass is 9.50. The topological polar surface area (TPSA) is 66.4 Å². The zero-order valence-electron chi connectivity index (χ0n) is 16.4. The Balaban J connectivity index is 1.87. The van der Waals surface area contributed by atoms with Gasteiger partial charge in [0.15, 0.2) is 0 Å². The van der Waals surface area contributed by atoms with Gasteiger partial charge in [-0.2, -0.15) is 0 Å². The van der Waals surface area contributed by atoms with Crippen LogP contribution >= 0.6 is 0 Å². The van der Waals surface area contributed by atoms with Gasteiger partial charge < -0.3 is 10.4 Å². The molecule has 2 N–H and O–H groups in total. The van der Waals surface area contributed by atoms with Crippen molar-refractivity contribution in [2.24, 2.45) is 34.5 Å². The van der Waals surface area contributed by atoms with Crippen LogP contribution in [0.25, 0.3) is 0 Å². The van der Waals surface area contributed by atoms with Gasteiger partial charge in [-0.1, -0.05) is 38.5 Å². The van der Waals surface area contributed by atoms with Crippen LogP contribution in [0.1, 0.15) is 59.3 Å². The van der Waals surface area contributed by atoms with Crippen molar-refractivity contribution in [2.75, 3.05) is 6.54 Å². The Morgan fingerprint density at radius 2 is 2.08 bits per heavy atom. The molecule has 0 saturated heterocycles. The summed E-state index contributed by atoms with van der Waals surface area (Å²) in [6, 6.07) is 0. The molecule has 144 valence electrons. The maximum atomic E-state index is 12.9. The number of rotatable bonds is 4. The number of hydrogen-bond donors (Lipinski definition) is 2. The van der Waals surface area contributed by atoms with Crippen molar-refractivity contribution < 1.29 is 14.7 Å². The molecule has 0 aromatic carbocycles. The fourth-order valence-electron chi connectivity index (χ4n) is 5.89. The molecule has 2 unspecified atom stereocenters. The summed E-state index contributed by atoms with van der Waals surface area (Å²) >= 11 is 0. The summed E-state index contributed by atoms with van der Waals surface area (Å²) in [5.41, 5.74) is 1.31. The van der Waals surface area contributed by atoms with Gasteiger partial charge in [0.25, 0.3) is 0 Å². The number of carboxylic acid groups (broad SMARTS) is 1. The summed E-state index contributed by atoms with van der Waals surface area (Å²) in [7, 11) is 0. The summed E-state index contributed by atoms with van der Waals surface area (Å²) in [6.07, 6.45) is 10.8. The van der Waals surface area contributed by atoms with E-state index >= 15 is 0 Å². The molecular weight excluding hydrogens is 326 g/mol. The number of nitrogens with one attached hydrogen (secondary N) is 1. The second-order valence-corrected chi connectivity index (χ2v) is 9.39. The Hall–Kier alpha value is -1.58. The van der Waals surface area contributed by atoms with Crippen LogP contribution in [-0.2, 0) is 9.59 Å². The van der Waals surface area contributed by atoms with Crippen LogP contribution in [0.15, 0.2) is 24.3 Å². The van der Waals surface area contributed by atoms with Crippen LogP contribution in [0.3, 0.4) is 0 Å². The van der Waals surface area contributed by atoms with Gasteiger partial charge in [0, 0.05) is 5.41 Å². The summed E-state index contributed by atoms with van der Waals surface area (Å²) in [6.45, 7) is 10.4. The molecule has 6 atom stereocenters. The fourth-order valence-corrected chi connectivity index (χ4v) is 5.89. The first-order valence-corrected chi connectivity index (χ1v) is 10.0. The van der Waals surface area contributed by atoms with Crippen molar-refractivity contribution in [3.05, 3.63) is 24.3 Å². The monoisotopic (exact) mass is 359 g/mol. The Morgan fingerprint density at radius 1 is 1.35 bits per heavy atom. The number of carbonyl (C=O) groups excluding carboxylic acids is 1. The minimum atomic E-state index is -0.981. The molecule has 4 nitrogen and oxygen atoms in total. The first-order chi connectivity index (χ1) is 12.2. The highest BCUT2D eigenvalue weighted by Gasteiger charge is 2.53. The Kier molecular flexibility index (Phi) is 5.06. The molecule has 2 fully saturated rings. The predicted octanol–water partition coefficient (Wildman–Crippen LogP) is 4.18. The second-order valence-electron chi connectivity index (χ2n) is 9.39. The number of carbonyl (C=O) groups is 2. The Labute approximate surface area is 157 Å².